The Morgan fingerprint density at radius 2 is 1.60 bits per heavy atom. The van der Waals surface area contributed by atoms with Gasteiger partial charge >= 0.3 is 0 Å². The lowest BCUT2D eigenvalue weighted by Gasteiger charge is -2.41. The smallest absolute Gasteiger partial charge is 0.289 e. The molecule has 5 rings (SSSR count). The Balaban J connectivity index is 1.31. The van der Waals surface area contributed by atoms with Crippen molar-refractivity contribution in [3.05, 3.63) is 88.9 Å². The Kier molecular flexibility index (Phi) is 7.70. The van der Waals surface area contributed by atoms with E-state index in [9.17, 15) is 14.4 Å². The molecule has 8 heteroatoms. The molecular weight excluding hydrogens is 506 g/mol. The summed E-state index contributed by atoms with van der Waals surface area (Å²) in [6, 6.07) is 19.4. The summed E-state index contributed by atoms with van der Waals surface area (Å²) >= 11 is 0. The second-order valence-corrected chi connectivity index (χ2v) is 11.5. The van der Waals surface area contributed by atoms with Crippen LogP contribution in [0.15, 0.2) is 65.1 Å². The van der Waals surface area contributed by atoms with Crippen LogP contribution in [-0.4, -0.2) is 65.1 Å². The van der Waals surface area contributed by atoms with Crippen LogP contribution in [-0.2, 0) is 22.6 Å². The fourth-order valence-electron chi connectivity index (χ4n) is 5.43. The molecule has 1 atom stereocenters. The molecule has 1 saturated heterocycles. The molecule has 0 spiro atoms. The predicted octanol–water partition coefficient (Wildman–Crippen LogP) is 4.68. The van der Waals surface area contributed by atoms with Crippen molar-refractivity contribution in [2.75, 3.05) is 32.7 Å². The zero-order chi connectivity index (χ0) is 28.4. The van der Waals surface area contributed by atoms with Crippen molar-refractivity contribution in [2.45, 2.75) is 46.8 Å². The van der Waals surface area contributed by atoms with Gasteiger partial charge in [-0.3, -0.25) is 14.4 Å². The number of furan rings is 1. The molecule has 3 heterocycles. The highest BCUT2D eigenvalue weighted by Crippen LogP contribution is 2.39. The number of hydrogen-bond donors (Lipinski definition) is 0. The van der Waals surface area contributed by atoms with Crippen LogP contribution in [0.4, 0.5) is 0 Å². The molecule has 0 N–H and O–H groups in total. The Labute approximate surface area is 235 Å². The van der Waals surface area contributed by atoms with Crippen LogP contribution in [0.3, 0.4) is 0 Å². The summed E-state index contributed by atoms with van der Waals surface area (Å²) in [5, 5.41) is 0. The van der Waals surface area contributed by atoms with Crippen molar-refractivity contribution in [1.82, 2.24) is 14.7 Å². The molecule has 1 unspecified atom stereocenters. The van der Waals surface area contributed by atoms with E-state index in [2.05, 4.69) is 18.2 Å². The van der Waals surface area contributed by atoms with E-state index in [1.165, 1.54) is 5.56 Å². The van der Waals surface area contributed by atoms with Crippen molar-refractivity contribution < 1.29 is 23.5 Å². The van der Waals surface area contributed by atoms with E-state index in [0.717, 1.165) is 17.5 Å². The highest BCUT2D eigenvalue weighted by atomic mass is 16.5. The molecule has 0 bridgehead atoms. The second-order valence-electron chi connectivity index (χ2n) is 11.5. The van der Waals surface area contributed by atoms with Crippen LogP contribution < -0.4 is 4.74 Å². The van der Waals surface area contributed by atoms with Gasteiger partial charge in [0.15, 0.2) is 5.76 Å². The minimum atomic E-state index is -0.492. The summed E-state index contributed by atoms with van der Waals surface area (Å²) in [5.74, 6) is 1.45. The van der Waals surface area contributed by atoms with E-state index in [1.807, 2.05) is 56.0 Å². The van der Waals surface area contributed by atoms with Gasteiger partial charge in [-0.15, -0.1) is 0 Å². The first-order chi connectivity index (χ1) is 19.1. The van der Waals surface area contributed by atoms with Crippen LogP contribution in [0.2, 0.25) is 0 Å². The van der Waals surface area contributed by atoms with Crippen molar-refractivity contribution >= 4 is 17.7 Å². The number of nitrogens with zero attached hydrogens (tertiary/aromatic N) is 3. The highest BCUT2D eigenvalue weighted by molar-refractivity contribution is 5.91. The third-order valence-corrected chi connectivity index (χ3v) is 7.63. The van der Waals surface area contributed by atoms with Gasteiger partial charge in [0.25, 0.3) is 5.91 Å². The topological polar surface area (TPSA) is 83.3 Å². The average molecular weight is 544 g/mol. The lowest BCUT2D eigenvalue weighted by molar-refractivity contribution is -0.141. The summed E-state index contributed by atoms with van der Waals surface area (Å²) in [6.45, 7) is 10.3. The van der Waals surface area contributed by atoms with E-state index in [1.54, 1.807) is 28.9 Å². The first kappa shape index (κ1) is 27.5. The molecule has 0 aliphatic carbocycles. The molecule has 3 amide bonds. The minimum absolute atomic E-state index is 0.0234. The monoisotopic (exact) mass is 543 g/mol. The van der Waals surface area contributed by atoms with Gasteiger partial charge < -0.3 is 23.9 Å². The zero-order valence-corrected chi connectivity index (χ0v) is 23.7. The zero-order valence-electron chi connectivity index (χ0n) is 23.7. The van der Waals surface area contributed by atoms with Gasteiger partial charge in [-0.2, -0.15) is 0 Å². The van der Waals surface area contributed by atoms with Crippen LogP contribution in [0.25, 0.3) is 0 Å². The Morgan fingerprint density at radius 3 is 2.27 bits per heavy atom. The molecule has 3 aromatic rings. The maximum atomic E-state index is 13.5. The predicted molar refractivity (Wildman–Crippen MR) is 151 cm³/mol. The van der Waals surface area contributed by atoms with E-state index < -0.39 is 5.41 Å². The van der Waals surface area contributed by atoms with E-state index in [4.69, 9.17) is 9.15 Å². The molecule has 2 aliphatic rings. The van der Waals surface area contributed by atoms with Crippen LogP contribution >= 0.6 is 0 Å². The standard InChI is InChI=1S/C32H37N3O5/c1-22(36)33-16-18-34(19-17-33)30(37)28-13-12-26(40-28)21-39-25-11-10-23-14-15-35(31(38)32(2,3)4)29(27(23)20-25)24-8-6-5-7-9-24/h5-13,20,29H,14-19,21H2,1-4H3. The van der Waals surface area contributed by atoms with Gasteiger partial charge in [0.2, 0.25) is 11.8 Å². The molecule has 1 fully saturated rings. The molecule has 40 heavy (non-hydrogen) atoms. The number of carbonyl (C=O) groups excluding carboxylic acids is 3. The molecule has 8 nitrogen and oxygen atoms in total. The normalized spacial score (nSPS) is 17.4. The van der Waals surface area contributed by atoms with Gasteiger partial charge in [0.05, 0.1) is 6.04 Å². The summed E-state index contributed by atoms with van der Waals surface area (Å²) in [6.07, 6.45) is 0.783. The number of ether oxygens (including phenoxy) is 1. The van der Waals surface area contributed by atoms with Crippen molar-refractivity contribution in [2.24, 2.45) is 5.41 Å². The largest absolute Gasteiger partial charge is 0.486 e. The Morgan fingerprint density at radius 1 is 0.900 bits per heavy atom. The van der Waals surface area contributed by atoms with Crippen LogP contribution in [0, 0.1) is 5.41 Å². The minimum Gasteiger partial charge on any atom is -0.486 e. The second kappa shape index (κ2) is 11.2. The fourth-order valence-corrected chi connectivity index (χ4v) is 5.43. The maximum Gasteiger partial charge on any atom is 0.289 e. The fraction of sp³-hybridized carbons (Fsp3) is 0.406. The summed E-state index contributed by atoms with van der Waals surface area (Å²) < 4.78 is 12.0. The number of piperazine rings is 1. The molecule has 2 aromatic carbocycles. The highest BCUT2D eigenvalue weighted by Gasteiger charge is 2.37. The SMILES string of the molecule is CC(=O)N1CCN(C(=O)c2ccc(COc3ccc4c(c3)C(c3ccccc3)N(C(=O)C(C)(C)C)CC4)o2)CC1. The lowest BCUT2D eigenvalue weighted by atomic mass is 9.85. The number of hydrogen-bond acceptors (Lipinski definition) is 5. The van der Waals surface area contributed by atoms with Crippen molar-refractivity contribution in [3.63, 3.8) is 0 Å². The number of fused-ring (bicyclic) bond motifs is 1. The number of rotatable bonds is 5. The van der Waals surface area contributed by atoms with Crippen LogP contribution in [0.5, 0.6) is 5.75 Å². The molecule has 210 valence electrons. The van der Waals surface area contributed by atoms with Gasteiger partial charge in [-0.1, -0.05) is 57.2 Å². The van der Waals surface area contributed by atoms with Gasteiger partial charge in [0.1, 0.15) is 18.1 Å². The number of carbonyl (C=O) groups is 3. The van der Waals surface area contributed by atoms with Crippen molar-refractivity contribution in [1.29, 1.82) is 0 Å². The first-order valence-corrected chi connectivity index (χ1v) is 13.9. The molecule has 0 saturated carbocycles. The molecule has 1 aromatic heterocycles. The molecular formula is C32H37N3O5. The summed E-state index contributed by atoms with van der Waals surface area (Å²) in [5.41, 5.74) is 2.84. The molecule has 0 radical (unpaired) electrons. The van der Waals surface area contributed by atoms with E-state index in [0.29, 0.717) is 44.2 Å². The lowest BCUT2D eigenvalue weighted by Crippen LogP contribution is -2.50. The third-order valence-electron chi connectivity index (χ3n) is 7.63. The summed E-state index contributed by atoms with van der Waals surface area (Å²) in [7, 11) is 0. The van der Waals surface area contributed by atoms with E-state index in [-0.39, 0.29) is 36.1 Å². The number of benzene rings is 2. The van der Waals surface area contributed by atoms with E-state index >= 15 is 0 Å². The average Bonchev–Trinajstić information content (AvgIpc) is 3.43. The van der Waals surface area contributed by atoms with Gasteiger partial charge in [-0.25, -0.2) is 0 Å². The first-order valence-electron chi connectivity index (χ1n) is 13.9. The maximum absolute atomic E-state index is 13.5. The van der Waals surface area contributed by atoms with Gasteiger partial charge in [0, 0.05) is 45.1 Å². The Bertz CT molecular complexity index is 1380. The Hall–Kier alpha value is -4.07. The van der Waals surface area contributed by atoms with Crippen molar-refractivity contribution in [3.8, 4) is 5.75 Å². The number of amides is 3. The molecule has 2 aliphatic heterocycles. The quantitative estimate of drug-likeness (QED) is 0.467. The summed E-state index contributed by atoms with van der Waals surface area (Å²) in [4.78, 5) is 43.4. The third kappa shape index (κ3) is 5.76. The van der Waals surface area contributed by atoms with Crippen LogP contribution in [0.1, 0.15) is 66.7 Å². The van der Waals surface area contributed by atoms with Gasteiger partial charge in [-0.05, 0) is 47.4 Å².